The maximum Gasteiger partial charge on any atom is 0.0628 e. The van der Waals surface area contributed by atoms with Crippen LogP contribution in [0.3, 0.4) is 0 Å². The van der Waals surface area contributed by atoms with Gasteiger partial charge in [-0.05, 0) is 28.8 Å². The molecule has 1 saturated carbocycles. The average molecular weight is 280 g/mol. The Bertz CT molecular complexity index is 159. The first-order valence-electron chi connectivity index (χ1n) is 4.62. The molecule has 1 aliphatic rings. The molecule has 1 rings (SSSR count). The van der Waals surface area contributed by atoms with Crippen LogP contribution in [0.4, 0.5) is 0 Å². The van der Waals surface area contributed by atoms with Crippen molar-refractivity contribution in [3.63, 3.8) is 0 Å². The molecule has 2 heteroatoms. The fourth-order valence-corrected chi connectivity index (χ4v) is 2.27. The standard InChI is InChI=1S/C10H17IO/c1-10(6-2-3-7-10)9(12)5-4-8-11/h4,8-9,12H,2-3,5-7H2,1H3. The molecule has 0 aromatic heterocycles. The predicted octanol–water partition coefficient (Wildman–Crippen LogP) is 3.27. The number of rotatable bonds is 3. The Morgan fingerprint density at radius 2 is 2.08 bits per heavy atom. The van der Waals surface area contributed by atoms with Crippen molar-refractivity contribution in [3.05, 3.63) is 10.2 Å². The minimum absolute atomic E-state index is 0.133. The minimum Gasteiger partial charge on any atom is -0.392 e. The normalized spacial score (nSPS) is 24.9. The lowest BCUT2D eigenvalue weighted by Crippen LogP contribution is -2.28. The zero-order chi connectivity index (χ0) is 9.03. The van der Waals surface area contributed by atoms with Crippen LogP contribution in [0.25, 0.3) is 0 Å². The van der Waals surface area contributed by atoms with Crippen LogP contribution in [0.5, 0.6) is 0 Å². The van der Waals surface area contributed by atoms with E-state index in [4.69, 9.17) is 0 Å². The quantitative estimate of drug-likeness (QED) is 0.787. The Morgan fingerprint density at radius 3 is 2.58 bits per heavy atom. The molecule has 1 N–H and O–H groups in total. The molecule has 70 valence electrons. The second-order valence-corrected chi connectivity index (χ2v) is 4.69. The van der Waals surface area contributed by atoms with Gasteiger partial charge < -0.3 is 5.11 Å². The van der Waals surface area contributed by atoms with Crippen LogP contribution in [0.15, 0.2) is 10.2 Å². The van der Waals surface area contributed by atoms with E-state index in [2.05, 4.69) is 35.6 Å². The van der Waals surface area contributed by atoms with Crippen LogP contribution >= 0.6 is 22.6 Å². The molecule has 0 radical (unpaired) electrons. The first-order valence-corrected chi connectivity index (χ1v) is 5.87. The number of halogens is 1. The maximum atomic E-state index is 9.88. The number of hydrogen-bond donors (Lipinski definition) is 1. The molecule has 0 aromatic rings. The monoisotopic (exact) mass is 280 g/mol. The summed E-state index contributed by atoms with van der Waals surface area (Å²) in [5.74, 6) is 0. The zero-order valence-corrected chi connectivity index (χ0v) is 9.75. The Kier molecular flexibility index (Phi) is 4.03. The molecule has 0 spiro atoms. The Morgan fingerprint density at radius 1 is 1.50 bits per heavy atom. The fourth-order valence-electron chi connectivity index (χ4n) is 1.98. The van der Waals surface area contributed by atoms with Crippen molar-refractivity contribution in [2.45, 2.75) is 45.1 Å². The van der Waals surface area contributed by atoms with Gasteiger partial charge in [0.25, 0.3) is 0 Å². The summed E-state index contributed by atoms with van der Waals surface area (Å²) in [7, 11) is 0. The third kappa shape index (κ3) is 2.46. The summed E-state index contributed by atoms with van der Waals surface area (Å²) in [5, 5.41) is 9.88. The molecular formula is C10H17IO. The average Bonchev–Trinajstić information content (AvgIpc) is 2.49. The van der Waals surface area contributed by atoms with Gasteiger partial charge in [-0.1, -0.05) is 48.4 Å². The molecule has 0 heterocycles. The number of hydrogen-bond acceptors (Lipinski definition) is 1. The van der Waals surface area contributed by atoms with Crippen LogP contribution in [-0.4, -0.2) is 11.2 Å². The first kappa shape index (κ1) is 10.5. The van der Waals surface area contributed by atoms with E-state index in [1.165, 1.54) is 25.7 Å². The molecular weight excluding hydrogens is 263 g/mol. The molecule has 0 amide bonds. The summed E-state index contributed by atoms with van der Waals surface area (Å²) in [5.41, 5.74) is 0.205. The summed E-state index contributed by atoms with van der Waals surface area (Å²) in [6.45, 7) is 2.21. The van der Waals surface area contributed by atoms with E-state index >= 15 is 0 Å². The lowest BCUT2D eigenvalue weighted by atomic mass is 9.81. The summed E-state index contributed by atoms with van der Waals surface area (Å²) in [6.07, 6.45) is 7.72. The van der Waals surface area contributed by atoms with Crippen molar-refractivity contribution in [2.75, 3.05) is 0 Å². The van der Waals surface area contributed by atoms with Gasteiger partial charge in [-0.25, -0.2) is 0 Å². The molecule has 0 bridgehead atoms. The lowest BCUT2D eigenvalue weighted by Gasteiger charge is -2.29. The summed E-state index contributed by atoms with van der Waals surface area (Å²) >= 11 is 2.20. The van der Waals surface area contributed by atoms with E-state index in [9.17, 15) is 5.11 Å². The third-order valence-corrected chi connectivity index (χ3v) is 3.51. The summed E-state index contributed by atoms with van der Waals surface area (Å²) in [4.78, 5) is 0. The zero-order valence-electron chi connectivity index (χ0n) is 7.59. The Labute approximate surface area is 88.4 Å². The second-order valence-electron chi connectivity index (χ2n) is 3.97. The van der Waals surface area contributed by atoms with Crippen molar-refractivity contribution in [3.8, 4) is 0 Å². The third-order valence-electron chi connectivity index (χ3n) is 3.00. The van der Waals surface area contributed by atoms with Crippen LogP contribution in [0, 0.1) is 5.41 Å². The topological polar surface area (TPSA) is 20.2 Å². The molecule has 1 aliphatic carbocycles. The van der Waals surface area contributed by atoms with Gasteiger partial charge in [0.15, 0.2) is 0 Å². The number of aliphatic hydroxyl groups is 1. The minimum atomic E-state index is -0.133. The molecule has 1 unspecified atom stereocenters. The van der Waals surface area contributed by atoms with E-state index in [1.54, 1.807) is 0 Å². The van der Waals surface area contributed by atoms with Crippen LogP contribution < -0.4 is 0 Å². The molecule has 12 heavy (non-hydrogen) atoms. The highest BCUT2D eigenvalue weighted by atomic mass is 127. The van der Waals surface area contributed by atoms with E-state index in [0.717, 1.165) is 6.42 Å². The second kappa shape index (κ2) is 4.61. The van der Waals surface area contributed by atoms with Gasteiger partial charge in [-0.15, -0.1) is 0 Å². The molecule has 0 aromatic carbocycles. The Balaban J connectivity index is 2.43. The van der Waals surface area contributed by atoms with E-state index in [1.807, 2.05) is 4.08 Å². The van der Waals surface area contributed by atoms with Crippen molar-refractivity contribution in [1.29, 1.82) is 0 Å². The van der Waals surface area contributed by atoms with Crippen LogP contribution in [-0.2, 0) is 0 Å². The van der Waals surface area contributed by atoms with Gasteiger partial charge in [-0.3, -0.25) is 0 Å². The fraction of sp³-hybridized carbons (Fsp3) is 0.800. The summed E-state index contributed by atoms with van der Waals surface area (Å²) < 4.78 is 1.99. The molecule has 1 nitrogen and oxygen atoms in total. The smallest absolute Gasteiger partial charge is 0.0628 e. The first-order chi connectivity index (χ1) is 5.69. The lowest BCUT2D eigenvalue weighted by molar-refractivity contribution is 0.0446. The van der Waals surface area contributed by atoms with Gasteiger partial charge in [0.2, 0.25) is 0 Å². The van der Waals surface area contributed by atoms with Crippen molar-refractivity contribution >= 4 is 22.6 Å². The molecule has 1 fully saturated rings. The van der Waals surface area contributed by atoms with E-state index in [0.29, 0.717) is 0 Å². The highest BCUT2D eigenvalue weighted by Gasteiger charge is 2.34. The Hall–Kier alpha value is 0.430. The predicted molar refractivity (Wildman–Crippen MR) is 60.4 cm³/mol. The van der Waals surface area contributed by atoms with Gasteiger partial charge in [0, 0.05) is 0 Å². The highest BCUT2D eigenvalue weighted by Crippen LogP contribution is 2.41. The van der Waals surface area contributed by atoms with Crippen LogP contribution in [0.1, 0.15) is 39.0 Å². The maximum absolute atomic E-state index is 9.88. The largest absolute Gasteiger partial charge is 0.392 e. The van der Waals surface area contributed by atoms with E-state index in [-0.39, 0.29) is 11.5 Å². The molecule has 0 saturated heterocycles. The SMILES string of the molecule is CC1(C(O)CC=CI)CCCC1. The van der Waals surface area contributed by atoms with Gasteiger partial charge in [0.1, 0.15) is 0 Å². The van der Waals surface area contributed by atoms with Gasteiger partial charge in [0.05, 0.1) is 6.10 Å². The van der Waals surface area contributed by atoms with Crippen molar-refractivity contribution in [2.24, 2.45) is 5.41 Å². The van der Waals surface area contributed by atoms with E-state index < -0.39 is 0 Å². The number of aliphatic hydroxyl groups excluding tert-OH is 1. The van der Waals surface area contributed by atoms with Crippen molar-refractivity contribution in [1.82, 2.24) is 0 Å². The molecule has 0 aliphatic heterocycles. The summed E-state index contributed by atoms with van der Waals surface area (Å²) in [6, 6.07) is 0. The van der Waals surface area contributed by atoms with Gasteiger partial charge in [-0.2, -0.15) is 0 Å². The van der Waals surface area contributed by atoms with Crippen molar-refractivity contribution < 1.29 is 5.11 Å². The highest BCUT2D eigenvalue weighted by molar-refractivity contribution is 14.1. The molecule has 1 atom stereocenters. The van der Waals surface area contributed by atoms with Crippen LogP contribution in [0.2, 0.25) is 0 Å². The van der Waals surface area contributed by atoms with Gasteiger partial charge >= 0.3 is 0 Å².